The van der Waals surface area contributed by atoms with E-state index in [1.165, 1.54) is 44.9 Å². The van der Waals surface area contributed by atoms with E-state index in [0.29, 0.717) is 6.04 Å². The Labute approximate surface area is 133 Å². The molecule has 1 aromatic rings. The van der Waals surface area contributed by atoms with Crippen LogP contribution >= 0.6 is 0 Å². The van der Waals surface area contributed by atoms with E-state index in [0.717, 1.165) is 36.2 Å². The number of carbonyl (C=O) groups is 1. The van der Waals surface area contributed by atoms with Gasteiger partial charge in [0, 0.05) is 24.8 Å². The maximum atomic E-state index is 12.8. The monoisotopic (exact) mass is 298 g/mol. The number of nitrogens with zero attached hydrogens (tertiary/aromatic N) is 1. The quantitative estimate of drug-likeness (QED) is 0.925. The van der Waals surface area contributed by atoms with E-state index in [1.807, 2.05) is 18.2 Å². The summed E-state index contributed by atoms with van der Waals surface area (Å²) in [7, 11) is 0. The third kappa shape index (κ3) is 2.51. The van der Waals surface area contributed by atoms with Crippen molar-refractivity contribution in [2.45, 2.75) is 51.0 Å². The molecule has 0 unspecified atom stereocenters. The number of anilines is 1. The molecule has 3 heteroatoms. The molecule has 3 nitrogen and oxygen atoms in total. The molecule has 1 saturated heterocycles. The van der Waals surface area contributed by atoms with E-state index in [4.69, 9.17) is 0 Å². The summed E-state index contributed by atoms with van der Waals surface area (Å²) in [6.07, 6.45) is 9.00. The fraction of sp³-hybridized carbons (Fsp3) is 0.632. The van der Waals surface area contributed by atoms with Crippen molar-refractivity contribution in [2.75, 3.05) is 18.0 Å². The lowest BCUT2D eigenvalue weighted by atomic mass is 9.97. The molecular formula is C19H26N2O. The summed E-state index contributed by atoms with van der Waals surface area (Å²) in [5.74, 6) is 1.75. The van der Waals surface area contributed by atoms with Crippen LogP contribution in [0.4, 0.5) is 5.69 Å². The molecule has 118 valence electrons. The predicted octanol–water partition coefficient (Wildman–Crippen LogP) is 3.60. The van der Waals surface area contributed by atoms with Crippen molar-refractivity contribution in [1.29, 1.82) is 0 Å². The van der Waals surface area contributed by atoms with Gasteiger partial charge < -0.3 is 10.2 Å². The number of hydrogen-bond donors (Lipinski definition) is 1. The fourth-order valence-electron chi connectivity index (χ4n) is 4.89. The van der Waals surface area contributed by atoms with E-state index in [2.05, 4.69) is 16.3 Å². The second kappa shape index (κ2) is 5.94. The van der Waals surface area contributed by atoms with Gasteiger partial charge in [0.1, 0.15) is 0 Å². The average Bonchev–Trinajstić information content (AvgIpc) is 3.26. The van der Waals surface area contributed by atoms with Gasteiger partial charge in [-0.15, -0.1) is 0 Å². The number of para-hydroxylation sites is 1. The summed E-state index contributed by atoms with van der Waals surface area (Å²) in [4.78, 5) is 15.2. The predicted molar refractivity (Wildman–Crippen MR) is 89.2 cm³/mol. The Kier molecular flexibility index (Phi) is 3.81. The summed E-state index contributed by atoms with van der Waals surface area (Å²) in [5.41, 5.74) is 1.99. The fourth-order valence-corrected chi connectivity index (χ4v) is 4.89. The van der Waals surface area contributed by atoms with Gasteiger partial charge in [-0.25, -0.2) is 0 Å². The largest absolute Gasteiger partial charge is 0.371 e. The van der Waals surface area contributed by atoms with Crippen LogP contribution < -0.4 is 10.2 Å². The van der Waals surface area contributed by atoms with Crippen molar-refractivity contribution in [3.05, 3.63) is 29.8 Å². The molecule has 1 aliphatic heterocycles. The van der Waals surface area contributed by atoms with Crippen LogP contribution in [0.15, 0.2) is 24.3 Å². The summed E-state index contributed by atoms with van der Waals surface area (Å²) >= 11 is 0. The van der Waals surface area contributed by atoms with Crippen molar-refractivity contribution in [3.63, 3.8) is 0 Å². The first kappa shape index (κ1) is 14.1. The molecule has 1 heterocycles. The first-order valence-electron chi connectivity index (χ1n) is 8.98. The van der Waals surface area contributed by atoms with Crippen LogP contribution in [0.5, 0.6) is 0 Å². The third-order valence-corrected chi connectivity index (χ3v) is 6.00. The van der Waals surface area contributed by atoms with Gasteiger partial charge in [-0.1, -0.05) is 25.0 Å². The average molecular weight is 298 g/mol. The summed E-state index contributed by atoms with van der Waals surface area (Å²) < 4.78 is 0. The van der Waals surface area contributed by atoms with Crippen molar-refractivity contribution in [2.24, 2.45) is 11.8 Å². The van der Waals surface area contributed by atoms with E-state index in [-0.39, 0.29) is 5.91 Å². The lowest BCUT2D eigenvalue weighted by Crippen LogP contribution is -2.38. The Morgan fingerprint density at radius 3 is 2.68 bits per heavy atom. The van der Waals surface area contributed by atoms with Gasteiger partial charge in [0.2, 0.25) is 0 Å². The highest BCUT2D eigenvalue weighted by Gasteiger charge is 2.39. The number of rotatable bonds is 3. The van der Waals surface area contributed by atoms with Gasteiger partial charge in [-0.3, -0.25) is 4.79 Å². The highest BCUT2D eigenvalue weighted by molar-refractivity contribution is 6.00. The Morgan fingerprint density at radius 1 is 1.00 bits per heavy atom. The Bertz CT molecular complexity index is 550. The zero-order valence-corrected chi connectivity index (χ0v) is 13.3. The summed E-state index contributed by atoms with van der Waals surface area (Å²) in [6.45, 7) is 2.16. The second-order valence-electron chi connectivity index (χ2n) is 7.22. The summed E-state index contributed by atoms with van der Waals surface area (Å²) in [6, 6.07) is 8.54. The molecule has 2 aliphatic carbocycles. The highest BCUT2D eigenvalue weighted by Crippen LogP contribution is 2.44. The minimum absolute atomic E-state index is 0.139. The molecule has 2 saturated carbocycles. The lowest BCUT2D eigenvalue weighted by molar-refractivity contribution is 0.0927. The van der Waals surface area contributed by atoms with E-state index >= 15 is 0 Å². The molecular weight excluding hydrogens is 272 g/mol. The van der Waals surface area contributed by atoms with Crippen molar-refractivity contribution >= 4 is 11.6 Å². The Hall–Kier alpha value is -1.51. The van der Waals surface area contributed by atoms with Crippen LogP contribution in [-0.4, -0.2) is 25.0 Å². The van der Waals surface area contributed by atoms with E-state index < -0.39 is 0 Å². The molecule has 0 bridgehead atoms. The molecule has 3 atom stereocenters. The van der Waals surface area contributed by atoms with Crippen LogP contribution in [0.2, 0.25) is 0 Å². The maximum Gasteiger partial charge on any atom is 0.253 e. The normalized spacial score (nSPS) is 30.5. The zero-order valence-electron chi connectivity index (χ0n) is 13.3. The molecule has 1 N–H and O–H groups in total. The van der Waals surface area contributed by atoms with Crippen molar-refractivity contribution in [1.82, 2.24) is 5.32 Å². The molecule has 0 aromatic heterocycles. The van der Waals surface area contributed by atoms with E-state index in [1.54, 1.807) is 0 Å². The number of amides is 1. The van der Waals surface area contributed by atoms with Gasteiger partial charge in [-0.05, 0) is 56.1 Å². The molecule has 1 amide bonds. The molecule has 0 radical (unpaired) electrons. The molecule has 3 fully saturated rings. The lowest BCUT2D eigenvalue weighted by Gasteiger charge is -2.24. The number of benzene rings is 1. The molecule has 3 aliphatic rings. The first-order valence-corrected chi connectivity index (χ1v) is 8.98. The maximum absolute atomic E-state index is 12.8. The van der Waals surface area contributed by atoms with Crippen LogP contribution in [-0.2, 0) is 0 Å². The first-order chi connectivity index (χ1) is 10.8. The second-order valence-corrected chi connectivity index (χ2v) is 7.22. The zero-order chi connectivity index (χ0) is 14.9. The van der Waals surface area contributed by atoms with Crippen LogP contribution in [0.1, 0.15) is 55.3 Å². The van der Waals surface area contributed by atoms with Gasteiger partial charge >= 0.3 is 0 Å². The minimum Gasteiger partial charge on any atom is -0.371 e. The highest BCUT2D eigenvalue weighted by atomic mass is 16.1. The Morgan fingerprint density at radius 2 is 1.82 bits per heavy atom. The van der Waals surface area contributed by atoms with E-state index in [9.17, 15) is 4.79 Å². The van der Waals surface area contributed by atoms with Crippen molar-refractivity contribution < 1.29 is 4.79 Å². The van der Waals surface area contributed by atoms with Gasteiger partial charge in [0.15, 0.2) is 0 Å². The molecule has 4 rings (SSSR count). The van der Waals surface area contributed by atoms with Crippen molar-refractivity contribution in [3.8, 4) is 0 Å². The van der Waals surface area contributed by atoms with Gasteiger partial charge in [-0.2, -0.15) is 0 Å². The minimum atomic E-state index is 0.139. The summed E-state index contributed by atoms with van der Waals surface area (Å²) in [5, 5.41) is 3.36. The number of fused-ring (bicyclic) bond motifs is 1. The van der Waals surface area contributed by atoms with Crippen LogP contribution in [0.25, 0.3) is 0 Å². The van der Waals surface area contributed by atoms with Gasteiger partial charge in [0.05, 0.1) is 5.56 Å². The standard InChI is InChI=1S/C19H26N2O/c22-19(20-17-11-10-14-6-5-8-15(14)17)16-7-1-2-9-18(16)21-12-3-4-13-21/h1-2,7,9,14-15,17H,3-6,8,10-13H2,(H,20,22)/t14-,15-,17-/m1/s1. The topological polar surface area (TPSA) is 32.3 Å². The number of hydrogen-bond acceptors (Lipinski definition) is 2. The SMILES string of the molecule is O=C(N[C@@H]1CC[C@H]2CCC[C@H]21)c1ccccc1N1CCCC1. The number of carbonyl (C=O) groups excluding carboxylic acids is 1. The molecule has 0 spiro atoms. The van der Waals surface area contributed by atoms with Gasteiger partial charge in [0.25, 0.3) is 5.91 Å². The van der Waals surface area contributed by atoms with Crippen LogP contribution in [0, 0.1) is 11.8 Å². The molecule has 22 heavy (non-hydrogen) atoms. The number of nitrogens with one attached hydrogen (secondary N) is 1. The third-order valence-electron chi connectivity index (χ3n) is 6.00. The Balaban J connectivity index is 1.50. The van der Waals surface area contributed by atoms with Crippen LogP contribution in [0.3, 0.4) is 0 Å². The molecule has 1 aromatic carbocycles. The smallest absolute Gasteiger partial charge is 0.253 e.